The van der Waals surface area contributed by atoms with E-state index < -0.39 is 0 Å². The van der Waals surface area contributed by atoms with E-state index in [0.717, 1.165) is 12.2 Å². The lowest BCUT2D eigenvalue weighted by Crippen LogP contribution is -2.42. The largest absolute Gasteiger partial charge is 0.356 e. The third kappa shape index (κ3) is 4.38. The second-order valence-electron chi connectivity index (χ2n) is 6.04. The molecule has 0 spiro atoms. The van der Waals surface area contributed by atoms with Crippen LogP contribution >= 0.6 is 11.5 Å². The molecule has 0 bridgehead atoms. The number of amides is 3. The highest BCUT2D eigenvalue weighted by Crippen LogP contribution is 2.23. The Hall–Kier alpha value is -1.70. The zero-order chi connectivity index (χ0) is 15.5. The van der Waals surface area contributed by atoms with Gasteiger partial charge in [-0.25, -0.2) is 9.78 Å². The first-order valence-electron chi connectivity index (χ1n) is 7.03. The van der Waals surface area contributed by atoms with Gasteiger partial charge in [-0.3, -0.25) is 10.1 Å². The van der Waals surface area contributed by atoms with Crippen molar-refractivity contribution >= 4 is 28.6 Å². The Balaban J connectivity index is 1.96. The van der Waals surface area contributed by atoms with Crippen LogP contribution in [-0.2, 0) is 10.2 Å². The number of nitrogens with zero attached hydrogens (tertiary/aromatic N) is 3. The molecule has 1 aliphatic heterocycles. The van der Waals surface area contributed by atoms with Gasteiger partial charge in [0.1, 0.15) is 5.82 Å². The first-order valence-corrected chi connectivity index (χ1v) is 7.80. The van der Waals surface area contributed by atoms with E-state index in [-0.39, 0.29) is 17.4 Å². The molecule has 116 valence electrons. The van der Waals surface area contributed by atoms with Gasteiger partial charge in [-0.15, -0.1) is 0 Å². The fourth-order valence-corrected chi connectivity index (χ4v) is 2.63. The van der Waals surface area contributed by atoms with Gasteiger partial charge in [-0.2, -0.15) is 4.37 Å². The number of carbonyl (C=O) groups excluding carboxylic acids is 2. The van der Waals surface area contributed by atoms with Crippen LogP contribution < -0.4 is 10.6 Å². The van der Waals surface area contributed by atoms with E-state index in [1.54, 1.807) is 4.90 Å². The van der Waals surface area contributed by atoms with Crippen molar-refractivity contribution in [1.29, 1.82) is 0 Å². The van der Waals surface area contributed by atoms with Crippen molar-refractivity contribution < 1.29 is 9.59 Å². The van der Waals surface area contributed by atoms with Gasteiger partial charge in [0, 0.05) is 43.0 Å². The lowest BCUT2D eigenvalue weighted by molar-refractivity contribution is -0.121. The van der Waals surface area contributed by atoms with Gasteiger partial charge in [0.15, 0.2) is 0 Å². The maximum Gasteiger partial charge on any atom is 0.323 e. The highest BCUT2D eigenvalue weighted by Gasteiger charge is 2.22. The summed E-state index contributed by atoms with van der Waals surface area (Å²) in [5, 5.41) is 6.06. The summed E-state index contributed by atoms with van der Waals surface area (Å²) < 4.78 is 4.26. The van der Waals surface area contributed by atoms with Gasteiger partial charge in [-0.1, -0.05) is 20.8 Å². The quantitative estimate of drug-likeness (QED) is 0.824. The van der Waals surface area contributed by atoms with E-state index in [0.29, 0.717) is 31.2 Å². The van der Waals surface area contributed by atoms with Crippen LogP contribution in [0.5, 0.6) is 0 Å². The number of hydrogen-bond acceptors (Lipinski definition) is 5. The number of carbonyl (C=O) groups is 2. The summed E-state index contributed by atoms with van der Waals surface area (Å²) in [6, 6.07) is -0.221. The number of rotatable bonds is 1. The molecule has 7 nitrogen and oxygen atoms in total. The van der Waals surface area contributed by atoms with Crippen molar-refractivity contribution in [2.45, 2.75) is 39.0 Å². The second-order valence-corrected chi connectivity index (χ2v) is 6.80. The summed E-state index contributed by atoms with van der Waals surface area (Å²) in [5.41, 5.74) is -0.141. The molecule has 0 aromatic carbocycles. The maximum absolute atomic E-state index is 12.2. The molecular weight excluding hydrogens is 290 g/mol. The third-order valence-electron chi connectivity index (χ3n) is 3.13. The first-order chi connectivity index (χ1) is 9.86. The van der Waals surface area contributed by atoms with Crippen LogP contribution in [0.2, 0.25) is 0 Å². The number of hydrogen-bond donors (Lipinski definition) is 2. The Morgan fingerprint density at radius 1 is 1.38 bits per heavy atom. The Kier molecular flexibility index (Phi) is 4.76. The Bertz CT molecular complexity index is 523. The molecule has 0 radical (unpaired) electrons. The molecule has 0 atom stereocenters. The van der Waals surface area contributed by atoms with E-state index in [1.807, 2.05) is 20.8 Å². The van der Waals surface area contributed by atoms with Gasteiger partial charge >= 0.3 is 6.03 Å². The number of anilines is 1. The van der Waals surface area contributed by atoms with E-state index in [9.17, 15) is 9.59 Å². The minimum atomic E-state index is -0.221. The minimum Gasteiger partial charge on any atom is -0.356 e. The maximum atomic E-state index is 12.2. The van der Waals surface area contributed by atoms with Crippen molar-refractivity contribution in [3.05, 3.63) is 5.82 Å². The van der Waals surface area contributed by atoms with E-state index in [4.69, 9.17) is 0 Å². The number of aromatic nitrogens is 2. The zero-order valence-corrected chi connectivity index (χ0v) is 13.4. The van der Waals surface area contributed by atoms with Gasteiger partial charge in [0.05, 0.1) is 0 Å². The summed E-state index contributed by atoms with van der Waals surface area (Å²) in [7, 11) is 0. The molecule has 0 saturated carbocycles. The molecule has 8 heteroatoms. The molecule has 1 aliphatic rings. The molecule has 0 aliphatic carbocycles. The summed E-state index contributed by atoms with van der Waals surface area (Å²) in [6.45, 7) is 7.72. The molecule has 1 fully saturated rings. The van der Waals surface area contributed by atoms with Gasteiger partial charge in [0.2, 0.25) is 11.0 Å². The number of nitrogens with one attached hydrogen (secondary N) is 2. The summed E-state index contributed by atoms with van der Waals surface area (Å²) in [5.74, 6) is 0.702. The monoisotopic (exact) mass is 311 g/mol. The van der Waals surface area contributed by atoms with Crippen molar-refractivity contribution in [3.8, 4) is 0 Å². The van der Waals surface area contributed by atoms with Crippen molar-refractivity contribution in [1.82, 2.24) is 19.6 Å². The molecule has 1 aromatic heterocycles. The smallest absolute Gasteiger partial charge is 0.323 e. The molecule has 3 amide bonds. The minimum absolute atomic E-state index is 0.0153. The van der Waals surface area contributed by atoms with Crippen LogP contribution in [0.1, 0.15) is 39.4 Å². The van der Waals surface area contributed by atoms with Gasteiger partial charge < -0.3 is 10.2 Å². The Labute approximate surface area is 128 Å². The highest BCUT2D eigenvalue weighted by molar-refractivity contribution is 7.09. The zero-order valence-electron chi connectivity index (χ0n) is 12.6. The van der Waals surface area contributed by atoms with Crippen LogP contribution in [0, 0.1) is 0 Å². The molecule has 2 N–H and O–H groups in total. The number of urea groups is 1. The first kappa shape index (κ1) is 15.7. The average Bonchev–Trinajstić information content (AvgIpc) is 2.82. The fraction of sp³-hybridized carbons (Fsp3) is 0.692. The molecule has 1 saturated heterocycles. The molecular formula is C13H21N5O2S. The highest BCUT2D eigenvalue weighted by atomic mass is 32.1. The lowest BCUT2D eigenvalue weighted by Gasteiger charge is -2.24. The Morgan fingerprint density at radius 3 is 2.81 bits per heavy atom. The lowest BCUT2D eigenvalue weighted by atomic mass is 9.96. The Morgan fingerprint density at radius 2 is 2.14 bits per heavy atom. The summed E-state index contributed by atoms with van der Waals surface area (Å²) in [6.07, 6.45) is 1.08. The molecule has 2 heterocycles. The molecule has 21 heavy (non-hydrogen) atoms. The topological polar surface area (TPSA) is 87.2 Å². The summed E-state index contributed by atoms with van der Waals surface area (Å²) in [4.78, 5) is 29.6. The van der Waals surface area contributed by atoms with Gasteiger partial charge in [-0.05, 0) is 6.42 Å². The van der Waals surface area contributed by atoms with Gasteiger partial charge in [0.25, 0.3) is 0 Å². The summed E-state index contributed by atoms with van der Waals surface area (Å²) >= 11 is 1.18. The van der Waals surface area contributed by atoms with Crippen LogP contribution in [-0.4, -0.2) is 45.8 Å². The van der Waals surface area contributed by atoms with Crippen LogP contribution in [0.25, 0.3) is 0 Å². The fourth-order valence-electron chi connectivity index (χ4n) is 1.89. The third-order valence-corrected chi connectivity index (χ3v) is 3.76. The van der Waals surface area contributed by atoms with E-state index in [1.165, 1.54) is 11.5 Å². The average molecular weight is 311 g/mol. The van der Waals surface area contributed by atoms with Crippen LogP contribution in [0.4, 0.5) is 9.93 Å². The van der Waals surface area contributed by atoms with E-state index >= 15 is 0 Å². The SMILES string of the molecule is CC(C)(C)c1nsc(NC(=O)N2CCCNC(=O)CC2)n1. The van der Waals surface area contributed by atoms with Crippen molar-refractivity contribution in [2.24, 2.45) is 0 Å². The predicted molar refractivity (Wildman–Crippen MR) is 81.4 cm³/mol. The van der Waals surface area contributed by atoms with Crippen molar-refractivity contribution in [2.75, 3.05) is 25.0 Å². The van der Waals surface area contributed by atoms with Crippen LogP contribution in [0.15, 0.2) is 0 Å². The molecule has 0 unspecified atom stereocenters. The standard InChI is InChI=1S/C13H21N5O2S/c1-13(2,3)10-15-11(21-17-10)16-12(20)18-7-4-6-14-9(19)5-8-18/h4-8H2,1-3H3,(H,14,19)(H,15,16,17,20). The molecule has 2 rings (SSSR count). The molecule has 1 aromatic rings. The normalized spacial score (nSPS) is 16.9. The van der Waals surface area contributed by atoms with Crippen LogP contribution in [0.3, 0.4) is 0 Å². The van der Waals surface area contributed by atoms with E-state index in [2.05, 4.69) is 20.0 Å². The predicted octanol–water partition coefficient (Wildman–Crippen LogP) is 1.58. The van der Waals surface area contributed by atoms with Crippen molar-refractivity contribution in [3.63, 3.8) is 0 Å². The second kappa shape index (κ2) is 6.38.